The predicted molar refractivity (Wildman–Crippen MR) is 102 cm³/mol. The van der Waals surface area contributed by atoms with E-state index in [2.05, 4.69) is 16.3 Å². The molecule has 1 atom stereocenters. The molecule has 0 saturated carbocycles. The Morgan fingerprint density at radius 1 is 1.04 bits per heavy atom. The molecule has 0 aromatic heterocycles. The number of nitrogens with zero attached hydrogens (tertiary/aromatic N) is 1. The number of rotatable bonds is 7. The molecule has 1 saturated heterocycles. The summed E-state index contributed by atoms with van der Waals surface area (Å²) in [5.74, 6) is 1.38. The third-order valence-corrected chi connectivity index (χ3v) is 4.87. The smallest absolute Gasteiger partial charge is 0.251 e. The molecule has 2 aromatic carbocycles. The molecule has 5 nitrogen and oxygen atoms in total. The lowest BCUT2D eigenvalue weighted by molar-refractivity contribution is 0.0938. The summed E-state index contributed by atoms with van der Waals surface area (Å²) in [7, 11) is 3.28. The Hall–Kier alpha value is -2.53. The highest BCUT2D eigenvalue weighted by molar-refractivity contribution is 5.94. The Balaban J connectivity index is 1.78. The van der Waals surface area contributed by atoms with Gasteiger partial charge in [-0.15, -0.1) is 0 Å². The molecular weight excluding hydrogens is 328 g/mol. The predicted octanol–water partition coefficient (Wildman–Crippen LogP) is 3.27. The molecular formula is C21H26N2O3. The van der Waals surface area contributed by atoms with Crippen LogP contribution < -0.4 is 14.8 Å². The van der Waals surface area contributed by atoms with Crippen LogP contribution in [0.1, 0.15) is 34.8 Å². The molecule has 0 spiro atoms. The van der Waals surface area contributed by atoms with Crippen LogP contribution in [0.3, 0.4) is 0 Å². The number of ether oxygens (including phenoxy) is 2. The Morgan fingerprint density at radius 3 is 2.38 bits per heavy atom. The molecule has 1 amide bonds. The summed E-state index contributed by atoms with van der Waals surface area (Å²) in [5, 5.41) is 3.09. The molecule has 5 heteroatoms. The van der Waals surface area contributed by atoms with Crippen LogP contribution in [0.4, 0.5) is 0 Å². The first kappa shape index (κ1) is 18.3. The fourth-order valence-corrected chi connectivity index (χ4v) is 3.45. The van der Waals surface area contributed by atoms with Crippen molar-refractivity contribution in [2.45, 2.75) is 18.9 Å². The average Bonchev–Trinajstić information content (AvgIpc) is 3.23. The quantitative estimate of drug-likeness (QED) is 0.829. The van der Waals surface area contributed by atoms with E-state index in [1.54, 1.807) is 14.2 Å². The van der Waals surface area contributed by atoms with Crippen molar-refractivity contribution in [2.75, 3.05) is 33.9 Å². The van der Waals surface area contributed by atoms with Crippen molar-refractivity contribution < 1.29 is 14.3 Å². The van der Waals surface area contributed by atoms with Gasteiger partial charge in [-0.3, -0.25) is 9.69 Å². The van der Waals surface area contributed by atoms with Crippen LogP contribution in [-0.4, -0.2) is 44.7 Å². The number of carbonyl (C=O) groups is 1. The third kappa shape index (κ3) is 4.17. The van der Waals surface area contributed by atoms with E-state index >= 15 is 0 Å². The lowest BCUT2D eigenvalue weighted by atomic mass is 10.0. The maximum atomic E-state index is 12.4. The first-order valence-corrected chi connectivity index (χ1v) is 9.02. The van der Waals surface area contributed by atoms with Crippen molar-refractivity contribution in [3.05, 3.63) is 59.7 Å². The largest absolute Gasteiger partial charge is 0.493 e. The fourth-order valence-electron chi connectivity index (χ4n) is 3.45. The summed E-state index contributed by atoms with van der Waals surface area (Å²) in [6, 6.07) is 15.4. The average molecular weight is 354 g/mol. The lowest BCUT2D eigenvalue weighted by Crippen LogP contribution is -2.36. The maximum absolute atomic E-state index is 12.4. The first-order chi connectivity index (χ1) is 12.7. The van der Waals surface area contributed by atoms with Crippen LogP contribution >= 0.6 is 0 Å². The lowest BCUT2D eigenvalue weighted by Gasteiger charge is -2.28. The number of amides is 1. The molecule has 138 valence electrons. The second-order valence-electron chi connectivity index (χ2n) is 6.45. The molecule has 1 N–H and O–H groups in total. The molecule has 0 bridgehead atoms. The highest BCUT2D eigenvalue weighted by Gasteiger charge is 2.25. The summed E-state index contributed by atoms with van der Waals surface area (Å²) >= 11 is 0. The Bertz CT molecular complexity index is 727. The van der Waals surface area contributed by atoms with Gasteiger partial charge in [-0.1, -0.05) is 24.3 Å². The topological polar surface area (TPSA) is 50.8 Å². The van der Waals surface area contributed by atoms with Crippen molar-refractivity contribution in [1.29, 1.82) is 0 Å². The number of likely N-dealkylation sites (tertiary alicyclic amines) is 1. The monoisotopic (exact) mass is 354 g/mol. The van der Waals surface area contributed by atoms with Gasteiger partial charge in [0.2, 0.25) is 0 Å². The van der Waals surface area contributed by atoms with Crippen molar-refractivity contribution in [3.63, 3.8) is 0 Å². The van der Waals surface area contributed by atoms with Crippen LogP contribution in [0.25, 0.3) is 0 Å². The van der Waals surface area contributed by atoms with Gasteiger partial charge in [0.25, 0.3) is 5.91 Å². The zero-order valence-electron chi connectivity index (χ0n) is 15.4. The van der Waals surface area contributed by atoms with E-state index < -0.39 is 0 Å². The second kappa shape index (κ2) is 8.72. The van der Waals surface area contributed by atoms with E-state index in [-0.39, 0.29) is 11.9 Å². The number of hydrogen-bond donors (Lipinski definition) is 1. The van der Waals surface area contributed by atoms with Crippen LogP contribution in [-0.2, 0) is 0 Å². The van der Waals surface area contributed by atoms with E-state index in [4.69, 9.17) is 9.47 Å². The number of methoxy groups -OCH3 is 2. The van der Waals surface area contributed by atoms with E-state index in [0.29, 0.717) is 23.6 Å². The van der Waals surface area contributed by atoms with Gasteiger partial charge in [0.15, 0.2) is 11.5 Å². The van der Waals surface area contributed by atoms with Gasteiger partial charge in [0.1, 0.15) is 0 Å². The van der Waals surface area contributed by atoms with Gasteiger partial charge < -0.3 is 14.8 Å². The highest BCUT2D eigenvalue weighted by atomic mass is 16.5. The molecule has 2 aromatic rings. The van der Waals surface area contributed by atoms with Crippen molar-refractivity contribution in [3.8, 4) is 11.5 Å². The highest BCUT2D eigenvalue weighted by Crippen LogP contribution is 2.33. The Morgan fingerprint density at radius 2 is 1.73 bits per heavy atom. The summed E-state index contributed by atoms with van der Waals surface area (Å²) in [5.41, 5.74) is 1.80. The fraction of sp³-hybridized carbons (Fsp3) is 0.381. The molecule has 0 radical (unpaired) electrons. The number of hydrogen-bond acceptors (Lipinski definition) is 4. The SMILES string of the molecule is COc1ccc(C(CNC(=O)c2ccccc2)N2CCCC2)cc1OC. The summed E-state index contributed by atoms with van der Waals surface area (Å²) in [6.45, 7) is 2.64. The molecule has 1 aliphatic heterocycles. The van der Waals surface area contributed by atoms with E-state index in [1.165, 1.54) is 12.8 Å². The van der Waals surface area contributed by atoms with Gasteiger partial charge in [0.05, 0.1) is 20.3 Å². The molecule has 1 fully saturated rings. The van der Waals surface area contributed by atoms with Crippen LogP contribution in [0.5, 0.6) is 11.5 Å². The summed E-state index contributed by atoms with van der Waals surface area (Å²) in [6.07, 6.45) is 2.38. The van der Waals surface area contributed by atoms with E-state index in [9.17, 15) is 4.79 Å². The van der Waals surface area contributed by atoms with Crippen molar-refractivity contribution >= 4 is 5.91 Å². The van der Waals surface area contributed by atoms with E-state index in [1.807, 2.05) is 42.5 Å². The molecule has 3 rings (SSSR count). The molecule has 1 aliphatic rings. The maximum Gasteiger partial charge on any atom is 0.251 e. The zero-order valence-corrected chi connectivity index (χ0v) is 15.4. The van der Waals surface area contributed by atoms with Crippen molar-refractivity contribution in [1.82, 2.24) is 10.2 Å². The van der Waals surface area contributed by atoms with Gasteiger partial charge >= 0.3 is 0 Å². The molecule has 1 unspecified atom stereocenters. The molecule has 0 aliphatic carbocycles. The number of carbonyl (C=O) groups excluding carboxylic acids is 1. The van der Waals surface area contributed by atoms with Crippen molar-refractivity contribution in [2.24, 2.45) is 0 Å². The Kier molecular flexibility index (Phi) is 6.12. The molecule has 1 heterocycles. The Labute approximate surface area is 154 Å². The second-order valence-corrected chi connectivity index (χ2v) is 6.45. The minimum absolute atomic E-state index is 0.0460. The third-order valence-electron chi connectivity index (χ3n) is 4.87. The normalized spacial score (nSPS) is 15.5. The van der Waals surface area contributed by atoms with Gasteiger partial charge in [-0.2, -0.15) is 0 Å². The van der Waals surface area contributed by atoms with Crippen LogP contribution in [0.15, 0.2) is 48.5 Å². The first-order valence-electron chi connectivity index (χ1n) is 9.02. The van der Waals surface area contributed by atoms with Gasteiger partial charge in [-0.05, 0) is 55.8 Å². The zero-order chi connectivity index (χ0) is 18.4. The standard InChI is InChI=1S/C21H26N2O3/c1-25-19-11-10-17(14-20(19)26-2)18(23-12-6-7-13-23)15-22-21(24)16-8-4-3-5-9-16/h3-5,8-11,14,18H,6-7,12-13,15H2,1-2H3,(H,22,24). The van der Waals surface area contributed by atoms with E-state index in [0.717, 1.165) is 18.7 Å². The summed E-state index contributed by atoms with van der Waals surface area (Å²) < 4.78 is 10.8. The van der Waals surface area contributed by atoms with Gasteiger partial charge in [0, 0.05) is 12.1 Å². The number of nitrogens with one attached hydrogen (secondary N) is 1. The minimum atomic E-state index is -0.0460. The summed E-state index contributed by atoms with van der Waals surface area (Å²) in [4.78, 5) is 14.9. The van der Waals surface area contributed by atoms with Crippen LogP contribution in [0.2, 0.25) is 0 Å². The van der Waals surface area contributed by atoms with Gasteiger partial charge in [-0.25, -0.2) is 0 Å². The number of benzene rings is 2. The van der Waals surface area contributed by atoms with Crippen LogP contribution in [0, 0.1) is 0 Å². The molecule has 26 heavy (non-hydrogen) atoms. The minimum Gasteiger partial charge on any atom is -0.493 e.